The molecule has 0 aromatic heterocycles. The minimum Gasteiger partial charge on any atom is -0.381 e. The van der Waals surface area contributed by atoms with Crippen LogP contribution in [0.1, 0.15) is 37.3 Å². The van der Waals surface area contributed by atoms with Crippen molar-refractivity contribution in [3.63, 3.8) is 0 Å². The van der Waals surface area contributed by atoms with Crippen LogP contribution in [0.4, 0.5) is 18.9 Å². The molecule has 2 saturated heterocycles. The van der Waals surface area contributed by atoms with Crippen molar-refractivity contribution < 1.29 is 31.1 Å². The minimum atomic E-state index is -3.82. The van der Waals surface area contributed by atoms with E-state index in [0.717, 1.165) is 6.07 Å². The number of hydrogen-bond acceptors (Lipinski definition) is 6. The highest BCUT2D eigenvalue weighted by Gasteiger charge is 2.44. The Kier molecular flexibility index (Phi) is 9.76. The number of sulfonamides is 1. The molecule has 2 fully saturated rings. The van der Waals surface area contributed by atoms with Gasteiger partial charge in [0.2, 0.25) is 15.9 Å². The van der Waals surface area contributed by atoms with Crippen molar-refractivity contribution in [3.05, 3.63) is 95.3 Å². The predicted octanol–water partition coefficient (Wildman–Crippen LogP) is 4.10. The summed E-state index contributed by atoms with van der Waals surface area (Å²) in [5, 5.41) is 6.02. The number of nitrogens with one attached hydrogen (secondary N) is 2. The molecule has 44 heavy (non-hydrogen) atoms. The van der Waals surface area contributed by atoms with Crippen LogP contribution in [0.15, 0.2) is 71.6 Å². The lowest BCUT2D eigenvalue weighted by atomic mass is 9.68. The molecule has 2 aliphatic heterocycles. The van der Waals surface area contributed by atoms with E-state index in [9.17, 15) is 22.0 Å². The van der Waals surface area contributed by atoms with E-state index in [1.807, 2.05) is 6.92 Å². The third-order valence-corrected chi connectivity index (χ3v) is 10.8. The third-order valence-electron chi connectivity index (χ3n) is 8.74. The summed E-state index contributed by atoms with van der Waals surface area (Å²) in [6, 6.07) is 13.6. The number of anilines is 1. The first kappa shape index (κ1) is 32.1. The number of carbonyl (C=O) groups is 1. The van der Waals surface area contributed by atoms with E-state index in [1.54, 1.807) is 36.4 Å². The van der Waals surface area contributed by atoms with E-state index in [-0.39, 0.29) is 66.6 Å². The lowest BCUT2D eigenvalue weighted by Crippen LogP contribution is -2.58. The molecule has 2 aliphatic rings. The number of amides is 1. The average Bonchev–Trinajstić information content (AvgIpc) is 3.00. The zero-order valence-corrected chi connectivity index (χ0v) is 25.3. The summed E-state index contributed by atoms with van der Waals surface area (Å²) >= 11 is 0. The Labute approximate surface area is 255 Å². The van der Waals surface area contributed by atoms with Crippen molar-refractivity contribution in [2.75, 3.05) is 31.6 Å². The zero-order chi connectivity index (χ0) is 31.5. The van der Waals surface area contributed by atoms with Crippen molar-refractivity contribution in [3.8, 4) is 0 Å². The van der Waals surface area contributed by atoms with Crippen molar-refractivity contribution in [1.82, 2.24) is 9.62 Å². The van der Waals surface area contributed by atoms with Crippen LogP contribution >= 0.6 is 0 Å². The van der Waals surface area contributed by atoms with E-state index < -0.39 is 50.9 Å². The highest BCUT2D eigenvalue weighted by Crippen LogP contribution is 2.39. The summed E-state index contributed by atoms with van der Waals surface area (Å²) in [5.74, 6) is -2.75. The SMILES string of the molecule is C[C@@H]1CNC[C@H](CCc2c(F)cccc2NC(=O)[C@@H](N)C2(c3cc(F)cc(F)c3)CCOCC2)N1S(=O)(=O)c1ccccc1. The second-order valence-electron chi connectivity index (χ2n) is 11.5. The normalized spacial score (nSPS) is 21.5. The van der Waals surface area contributed by atoms with Crippen molar-refractivity contribution in [2.45, 2.75) is 61.0 Å². The highest BCUT2D eigenvalue weighted by atomic mass is 32.2. The molecular weight excluding hydrogens is 593 g/mol. The van der Waals surface area contributed by atoms with Gasteiger partial charge >= 0.3 is 0 Å². The number of nitrogens with zero attached hydrogens (tertiary/aromatic N) is 1. The molecular formula is C32H37F3N4O4S. The first-order valence-electron chi connectivity index (χ1n) is 14.7. The Balaban J connectivity index is 1.38. The molecule has 0 bridgehead atoms. The van der Waals surface area contributed by atoms with Gasteiger partial charge in [0.05, 0.1) is 10.9 Å². The molecule has 12 heteroatoms. The van der Waals surface area contributed by atoms with Crippen LogP contribution in [-0.2, 0) is 31.4 Å². The van der Waals surface area contributed by atoms with E-state index >= 15 is 4.39 Å². The van der Waals surface area contributed by atoms with E-state index in [0.29, 0.717) is 13.1 Å². The first-order chi connectivity index (χ1) is 21.0. The number of carbonyl (C=O) groups excluding carboxylic acids is 1. The molecule has 0 radical (unpaired) electrons. The molecule has 0 unspecified atom stereocenters. The van der Waals surface area contributed by atoms with Gasteiger partial charge in [-0.2, -0.15) is 4.31 Å². The number of halogens is 3. The molecule has 0 aliphatic carbocycles. The lowest BCUT2D eigenvalue weighted by molar-refractivity contribution is -0.120. The van der Waals surface area contributed by atoms with Gasteiger partial charge in [0.15, 0.2) is 0 Å². The van der Waals surface area contributed by atoms with Gasteiger partial charge in [-0.1, -0.05) is 24.3 Å². The fraction of sp³-hybridized carbons (Fsp3) is 0.406. The predicted molar refractivity (Wildman–Crippen MR) is 161 cm³/mol. The van der Waals surface area contributed by atoms with Gasteiger partial charge in [0, 0.05) is 61.1 Å². The van der Waals surface area contributed by atoms with Gasteiger partial charge in [0.1, 0.15) is 17.5 Å². The van der Waals surface area contributed by atoms with E-state index in [2.05, 4.69) is 10.6 Å². The number of ether oxygens (including phenoxy) is 1. The summed E-state index contributed by atoms with van der Waals surface area (Å²) in [6.07, 6.45) is 0.937. The fourth-order valence-electron chi connectivity index (χ4n) is 6.43. The lowest BCUT2D eigenvalue weighted by Gasteiger charge is -2.41. The van der Waals surface area contributed by atoms with Crippen molar-refractivity contribution in [2.24, 2.45) is 5.73 Å². The second kappa shape index (κ2) is 13.4. The summed E-state index contributed by atoms with van der Waals surface area (Å²) in [6.45, 7) is 3.18. The van der Waals surface area contributed by atoms with Gasteiger partial charge < -0.3 is 21.1 Å². The smallest absolute Gasteiger partial charge is 0.243 e. The molecule has 8 nitrogen and oxygen atoms in total. The Morgan fingerprint density at radius 2 is 1.73 bits per heavy atom. The summed E-state index contributed by atoms with van der Waals surface area (Å²) in [4.78, 5) is 13.8. The van der Waals surface area contributed by atoms with Crippen LogP contribution < -0.4 is 16.4 Å². The number of piperazine rings is 1. The molecule has 3 aromatic carbocycles. The minimum absolute atomic E-state index is 0.130. The van der Waals surface area contributed by atoms with Crippen molar-refractivity contribution >= 4 is 21.6 Å². The maximum atomic E-state index is 15.3. The van der Waals surface area contributed by atoms with Gasteiger partial charge in [-0.25, -0.2) is 21.6 Å². The molecule has 5 rings (SSSR count). The molecule has 1 amide bonds. The van der Waals surface area contributed by atoms with Crippen LogP contribution in [-0.4, -0.2) is 63.1 Å². The Bertz CT molecular complexity index is 1570. The molecule has 3 aromatic rings. The zero-order valence-electron chi connectivity index (χ0n) is 24.4. The Hall–Kier alpha value is -3.29. The topological polar surface area (TPSA) is 114 Å². The average molecular weight is 631 g/mol. The molecule has 236 valence electrons. The van der Waals surface area contributed by atoms with Gasteiger partial charge in [-0.15, -0.1) is 0 Å². The maximum absolute atomic E-state index is 15.3. The number of nitrogens with two attached hydrogens (primary N) is 1. The van der Waals surface area contributed by atoms with Crippen LogP contribution in [0.3, 0.4) is 0 Å². The van der Waals surface area contributed by atoms with E-state index in [4.69, 9.17) is 10.5 Å². The van der Waals surface area contributed by atoms with Crippen LogP contribution in [0.25, 0.3) is 0 Å². The van der Waals surface area contributed by atoms with Crippen molar-refractivity contribution in [1.29, 1.82) is 0 Å². The first-order valence-corrected chi connectivity index (χ1v) is 16.1. The van der Waals surface area contributed by atoms with Crippen LogP contribution in [0.5, 0.6) is 0 Å². The molecule has 4 N–H and O–H groups in total. The van der Waals surface area contributed by atoms with Gasteiger partial charge in [-0.05, 0) is 74.6 Å². The maximum Gasteiger partial charge on any atom is 0.243 e. The van der Waals surface area contributed by atoms with Gasteiger partial charge in [0.25, 0.3) is 0 Å². The summed E-state index contributed by atoms with van der Waals surface area (Å²) in [7, 11) is -3.82. The molecule has 0 saturated carbocycles. The summed E-state index contributed by atoms with van der Waals surface area (Å²) < 4.78 is 77.9. The quantitative estimate of drug-likeness (QED) is 0.328. The van der Waals surface area contributed by atoms with Crippen LogP contribution in [0, 0.1) is 17.5 Å². The Morgan fingerprint density at radius 1 is 1.05 bits per heavy atom. The third kappa shape index (κ3) is 6.54. The number of benzene rings is 3. The standard InChI is InChI=1S/C32H37F3N4O4S/c1-21-19-37-20-25(39(21)44(41,42)26-6-3-2-4-7-26)10-11-27-28(35)8-5-9-29(27)38-31(40)30(36)32(12-14-43-15-13-32)22-16-23(33)18-24(34)17-22/h2-9,16-18,21,25,30,37H,10-15,19-20,36H2,1H3,(H,38,40)/t21-,25+,30-/m1/s1. The monoisotopic (exact) mass is 630 g/mol. The van der Waals surface area contributed by atoms with E-state index in [1.165, 1.54) is 28.6 Å². The summed E-state index contributed by atoms with van der Waals surface area (Å²) in [5.41, 5.74) is 6.11. The Morgan fingerprint density at radius 3 is 2.41 bits per heavy atom. The molecule has 0 spiro atoms. The van der Waals surface area contributed by atoms with Crippen LogP contribution in [0.2, 0.25) is 0 Å². The highest BCUT2D eigenvalue weighted by molar-refractivity contribution is 7.89. The van der Waals surface area contributed by atoms with Gasteiger partial charge in [-0.3, -0.25) is 4.79 Å². The molecule has 3 atom stereocenters. The fourth-order valence-corrected chi connectivity index (χ4v) is 8.30. The number of rotatable bonds is 9. The molecule has 2 heterocycles. The number of hydrogen-bond donors (Lipinski definition) is 3. The second-order valence-corrected chi connectivity index (χ2v) is 13.4. The largest absolute Gasteiger partial charge is 0.381 e.